The summed E-state index contributed by atoms with van der Waals surface area (Å²) in [6.45, 7) is 10.4. The minimum atomic E-state index is -0.799. The van der Waals surface area contributed by atoms with Crippen LogP contribution in [0.25, 0.3) is 0 Å². The predicted molar refractivity (Wildman–Crippen MR) is 67.8 cm³/mol. The van der Waals surface area contributed by atoms with Gasteiger partial charge in [-0.05, 0) is 31.1 Å². The van der Waals surface area contributed by atoms with Crippen molar-refractivity contribution in [3.8, 4) is 0 Å². The van der Waals surface area contributed by atoms with Gasteiger partial charge in [-0.3, -0.25) is 4.79 Å². The second kappa shape index (κ2) is 3.12. The Morgan fingerprint density at radius 1 is 1.22 bits per heavy atom. The molecule has 0 bridgehead atoms. The quantitative estimate of drug-likeness (QED) is 0.621. The van der Waals surface area contributed by atoms with Crippen molar-refractivity contribution in [1.29, 1.82) is 0 Å². The van der Waals surface area contributed by atoms with E-state index in [1.165, 1.54) is 12.8 Å². The van der Waals surface area contributed by atoms with Gasteiger partial charge in [0.15, 0.2) is 0 Å². The highest BCUT2D eigenvalue weighted by atomic mass is 16.7. The van der Waals surface area contributed by atoms with Gasteiger partial charge in [0.25, 0.3) is 0 Å². The summed E-state index contributed by atoms with van der Waals surface area (Å²) >= 11 is 0. The van der Waals surface area contributed by atoms with Gasteiger partial charge in [0.1, 0.15) is 0 Å². The first kappa shape index (κ1) is 12.5. The van der Waals surface area contributed by atoms with Crippen LogP contribution in [0.3, 0.4) is 0 Å². The molecule has 2 aliphatic carbocycles. The maximum Gasteiger partial charge on any atom is 0.314 e. The highest BCUT2D eigenvalue weighted by Crippen LogP contribution is 2.69. The topological polar surface area (TPSA) is 35.5 Å². The highest BCUT2D eigenvalue weighted by Gasteiger charge is 2.74. The van der Waals surface area contributed by atoms with Crippen molar-refractivity contribution < 1.29 is 14.3 Å². The molecule has 1 heterocycles. The zero-order valence-electron chi connectivity index (χ0n) is 12.1. The zero-order chi connectivity index (χ0) is 13.4. The number of esters is 1. The van der Waals surface area contributed by atoms with Crippen molar-refractivity contribution in [1.82, 2.24) is 0 Å². The van der Waals surface area contributed by atoms with E-state index < -0.39 is 5.79 Å². The van der Waals surface area contributed by atoms with E-state index in [2.05, 4.69) is 27.7 Å². The summed E-state index contributed by atoms with van der Waals surface area (Å²) in [6.07, 6.45) is 4.29. The summed E-state index contributed by atoms with van der Waals surface area (Å²) in [6, 6.07) is 0. The van der Waals surface area contributed by atoms with Gasteiger partial charge in [-0.1, -0.05) is 27.7 Å². The lowest BCUT2D eigenvalue weighted by Crippen LogP contribution is -2.72. The van der Waals surface area contributed by atoms with E-state index in [1.54, 1.807) is 0 Å². The lowest BCUT2D eigenvalue weighted by molar-refractivity contribution is -0.391. The Hall–Kier alpha value is -0.570. The summed E-state index contributed by atoms with van der Waals surface area (Å²) in [5, 5.41) is 0. The first-order valence-electron chi connectivity index (χ1n) is 7.07. The van der Waals surface area contributed by atoms with E-state index in [0.717, 1.165) is 12.8 Å². The molecule has 0 aromatic rings. The fraction of sp³-hybridized carbons (Fsp3) is 0.933. The lowest BCUT2D eigenvalue weighted by atomic mass is 9.52. The molecule has 0 amide bonds. The van der Waals surface area contributed by atoms with Crippen molar-refractivity contribution in [2.45, 2.75) is 71.7 Å². The smallest absolute Gasteiger partial charge is 0.314 e. The lowest BCUT2D eigenvalue weighted by Gasteiger charge is -2.65. The van der Waals surface area contributed by atoms with E-state index in [9.17, 15) is 4.79 Å². The van der Waals surface area contributed by atoms with Crippen LogP contribution in [-0.4, -0.2) is 17.4 Å². The van der Waals surface area contributed by atoms with E-state index in [1.807, 2.05) is 6.92 Å². The van der Waals surface area contributed by atoms with Crippen molar-refractivity contribution in [3.63, 3.8) is 0 Å². The molecule has 0 radical (unpaired) electrons. The second-order valence-corrected chi connectivity index (χ2v) is 7.78. The first-order valence-corrected chi connectivity index (χ1v) is 7.07. The number of hydrogen-bond donors (Lipinski definition) is 0. The maximum atomic E-state index is 12.3. The van der Waals surface area contributed by atoms with Gasteiger partial charge in [-0.2, -0.15) is 0 Å². The van der Waals surface area contributed by atoms with Gasteiger partial charge in [0.05, 0.1) is 11.5 Å². The molecule has 3 heteroatoms. The molecule has 1 spiro atoms. The third kappa shape index (κ3) is 1.21. The summed E-state index contributed by atoms with van der Waals surface area (Å²) < 4.78 is 12.1. The van der Waals surface area contributed by atoms with Crippen LogP contribution in [-0.2, 0) is 14.3 Å². The summed E-state index contributed by atoms with van der Waals surface area (Å²) in [7, 11) is 0. The SMILES string of the molecule is CC(C)(C)[C@]1(C)OC(=O)[C@H]2C[C@]3(C)CCC[C@]23O1. The van der Waals surface area contributed by atoms with Crippen molar-refractivity contribution >= 4 is 5.97 Å². The molecule has 1 aliphatic heterocycles. The minimum Gasteiger partial charge on any atom is -0.432 e. The van der Waals surface area contributed by atoms with E-state index in [4.69, 9.17) is 9.47 Å². The van der Waals surface area contributed by atoms with Crippen LogP contribution >= 0.6 is 0 Å². The molecule has 4 atom stereocenters. The molecule has 0 unspecified atom stereocenters. The van der Waals surface area contributed by atoms with E-state index in [-0.39, 0.29) is 28.3 Å². The van der Waals surface area contributed by atoms with Crippen LogP contribution in [0.2, 0.25) is 0 Å². The largest absolute Gasteiger partial charge is 0.432 e. The van der Waals surface area contributed by atoms with E-state index in [0.29, 0.717) is 0 Å². The molecule has 3 aliphatic rings. The highest BCUT2D eigenvalue weighted by molar-refractivity contribution is 5.77. The number of carbonyl (C=O) groups is 1. The molecule has 3 fully saturated rings. The van der Waals surface area contributed by atoms with Crippen LogP contribution in [0, 0.1) is 16.7 Å². The number of cyclic esters (lactones) is 1. The minimum absolute atomic E-state index is 0.0274. The number of hydrogen-bond acceptors (Lipinski definition) is 3. The van der Waals surface area contributed by atoms with Crippen LogP contribution in [0.5, 0.6) is 0 Å². The molecule has 2 saturated carbocycles. The van der Waals surface area contributed by atoms with Crippen LogP contribution in [0.15, 0.2) is 0 Å². The Labute approximate surface area is 109 Å². The molecular weight excluding hydrogens is 228 g/mol. The molecule has 3 nitrogen and oxygen atoms in total. The normalized spacial score (nSPS) is 51.2. The summed E-state index contributed by atoms with van der Waals surface area (Å²) in [4.78, 5) is 12.3. The summed E-state index contributed by atoms with van der Waals surface area (Å²) in [5.41, 5.74) is -0.268. The molecule has 18 heavy (non-hydrogen) atoms. The molecule has 0 aromatic heterocycles. The number of ether oxygens (including phenoxy) is 2. The molecule has 0 aromatic carbocycles. The number of carbonyl (C=O) groups excluding carboxylic acids is 1. The predicted octanol–water partition coefficient (Wildman–Crippen LogP) is 3.27. The van der Waals surface area contributed by atoms with Gasteiger partial charge in [-0.15, -0.1) is 0 Å². The van der Waals surface area contributed by atoms with E-state index >= 15 is 0 Å². The molecule has 1 saturated heterocycles. The zero-order valence-corrected chi connectivity index (χ0v) is 12.1. The van der Waals surface area contributed by atoms with Crippen LogP contribution < -0.4 is 0 Å². The summed E-state index contributed by atoms with van der Waals surface area (Å²) in [5.74, 6) is -0.870. The fourth-order valence-corrected chi connectivity index (χ4v) is 4.07. The van der Waals surface area contributed by atoms with Gasteiger partial charge in [0.2, 0.25) is 5.79 Å². The monoisotopic (exact) mass is 252 g/mol. The Morgan fingerprint density at radius 2 is 1.89 bits per heavy atom. The molecule has 3 rings (SSSR count). The molecule has 0 N–H and O–H groups in total. The average Bonchev–Trinajstić information content (AvgIpc) is 2.42. The first-order chi connectivity index (χ1) is 8.14. The van der Waals surface area contributed by atoms with Crippen LogP contribution in [0.1, 0.15) is 60.3 Å². The standard InChI is InChI=1S/C15H24O3/c1-12(2,3)14(5)17-11(16)10-9-13(4)7-6-8-15(10,13)18-14/h10H,6-9H2,1-5H3/t10-,13+,14-,15+/m1/s1. The third-order valence-electron chi connectivity index (χ3n) is 5.84. The van der Waals surface area contributed by atoms with Crippen LogP contribution in [0.4, 0.5) is 0 Å². The van der Waals surface area contributed by atoms with Crippen molar-refractivity contribution in [2.24, 2.45) is 16.7 Å². The van der Waals surface area contributed by atoms with Gasteiger partial charge in [0, 0.05) is 12.3 Å². The van der Waals surface area contributed by atoms with Gasteiger partial charge < -0.3 is 9.47 Å². The Balaban J connectivity index is 2.00. The average molecular weight is 252 g/mol. The van der Waals surface area contributed by atoms with Crippen molar-refractivity contribution in [3.05, 3.63) is 0 Å². The maximum absolute atomic E-state index is 12.3. The Morgan fingerprint density at radius 3 is 2.44 bits per heavy atom. The Kier molecular flexibility index (Phi) is 2.16. The fourth-order valence-electron chi connectivity index (χ4n) is 4.07. The second-order valence-electron chi connectivity index (χ2n) is 7.78. The Bertz CT molecular complexity index is 410. The van der Waals surface area contributed by atoms with Gasteiger partial charge >= 0.3 is 5.97 Å². The molecular formula is C15H24O3. The third-order valence-corrected chi connectivity index (χ3v) is 5.84. The van der Waals surface area contributed by atoms with Gasteiger partial charge in [-0.25, -0.2) is 0 Å². The number of rotatable bonds is 0. The van der Waals surface area contributed by atoms with Crippen molar-refractivity contribution in [2.75, 3.05) is 0 Å². The molecule has 102 valence electrons.